The summed E-state index contributed by atoms with van der Waals surface area (Å²) < 4.78 is 41.1. The summed E-state index contributed by atoms with van der Waals surface area (Å²) in [5.74, 6) is 0.909. The maximum absolute atomic E-state index is 8.63. The van der Waals surface area contributed by atoms with Crippen LogP contribution in [-0.2, 0) is 30.0 Å². The van der Waals surface area contributed by atoms with Crippen molar-refractivity contribution in [3.05, 3.63) is 84.1 Å². The van der Waals surface area contributed by atoms with Crippen molar-refractivity contribution < 1.29 is 26.8 Å². The van der Waals surface area contributed by atoms with Crippen LogP contribution in [-0.4, -0.2) is 22.5 Å². The average molecular weight is 424 g/mol. The fourth-order valence-electron chi connectivity index (χ4n) is 3.67. The van der Waals surface area contributed by atoms with Crippen LogP contribution in [0.15, 0.2) is 72.9 Å². The predicted octanol–water partition coefficient (Wildman–Crippen LogP) is 3.26. The van der Waals surface area contributed by atoms with Gasteiger partial charge in [0.05, 0.1) is 0 Å². The number of para-hydroxylation sites is 1. The molecule has 3 heterocycles. The standard InChI is InChI=1S/C22H18N2O.H2O4S/c1-2-6-16(7-3-1)15-25-17-10-11-21-22-19(12-13-24(21)14-17)18-8-4-5-9-20(18)23-22;1-5(2,3)4/h1-11,14H,12-13,15H2;(H2,1,2,3,4). The Balaban J connectivity index is 0.000000393. The van der Waals surface area contributed by atoms with Gasteiger partial charge in [0.2, 0.25) is 22.3 Å². The SMILES string of the molecule is O=S(=O)([O-])O.c1ccc(COc2ccc3[n+](c2)CCc2c-3[nH]c3ccccc23)cc1. The molecule has 0 bridgehead atoms. The van der Waals surface area contributed by atoms with E-state index in [1.807, 2.05) is 18.2 Å². The molecule has 4 aromatic rings. The molecule has 1 aliphatic rings. The number of rotatable bonds is 3. The summed E-state index contributed by atoms with van der Waals surface area (Å²) in [7, 11) is -4.92. The van der Waals surface area contributed by atoms with Crippen molar-refractivity contribution in [3.8, 4) is 17.1 Å². The minimum absolute atomic E-state index is 0.595. The molecule has 30 heavy (non-hydrogen) atoms. The fraction of sp³-hybridized carbons (Fsp3) is 0.136. The summed E-state index contributed by atoms with van der Waals surface area (Å²) in [5.41, 5.74) is 6.29. The van der Waals surface area contributed by atoms with Crippen LogP contribution in [0.3, 0.4) is 0 Å². The summed E-state index contributed by atoms with van der Waals surface area (Å²) >= 11 is 0. The largest absolute Gasteiger partial charge is 0.726 e. The van der Waals surface area contributed by atoms with E-state index >= 15 is 0 Å². The molecule has 0 saturated heterocycles. The molecule has 7 nitrogen and oxygen atoms in total. The zero-order chi connectivity index (χ0) is 21.1. The highest BCUT2D eigenvalue weighted by Gasteiger charge is 2.26. The van der Waals surface area contributed by atoms with Crippen molar-refractivity contribution in [1.82, 2.24) is 4.98 Å². The van der Waals surface area contributed by atoms with Crippen LogP contribution in [0.5, 0.6) is 5.75 Å². The van der Waals surface area contributed by atoms with Crippen LogP contribution >= 0.6 is 0 Å². The summed E-state index contributed by atoms with van der Waals surface area (Å²) in [6, 6.07) is 23.0. The van der Waals surface area contributed by atoms with Crippen LogP contribution in [0.25, 0.3) is 22.3 Å². The van der Waals surface area contributed by atoms with E-state index in [0.29, 0.717) is 6.61 Å². The Bertz CT molecular complexity index is 1280. The monoisotopic (exact) mass is 424 g/mol. The first-order valence-electron chi connectivity index (χ1n) is 9.37. The fourth-order valence-corrected chi connectivity index (χ4v) is 3.67. The molecule has 2 aromatic carbocycles. The highest BCUT2D eigenvalue weighted by molar-refractivity contribution is 7.79. The highest BCUT2D eigenvalue weighted by atomic mass is 32.3. The Morgan fingerprint density at radius 2 is 1.73 bits per heavy atom. The molecule has 0 radical (unpaired) electrons. The van der Waals surface area contributed by atoms with Crippen molar-refractivity contribution >= 4 is 21.3 Å². The summed E-state index contributed by atoms with van der Waals surface area (Å²) in [6.45, 7) is 1.57. The van der Waals surface area contributed by atoms with Gasteiger partial charge in [-0.25, -0.2) is 8.42 Å². The molecule has 0 unspecified atom stereocenters. The molecule has 8 heteroatoms. The smallest absolute Gasteiger partial charge is 0.229 e. The van der Waals surface area contributed by atoms with Crippen molar-refractivity contribution in [2.45, 2.75) is 19.6 Å². The lowest BCUT2D eigenvalue weighted by Crippen LogP contribution is -2.40. The van der Waals surface area contributed by atoms with Crippen molar-refractivity contribution in [1.29, 1.82) is 0 Å². The number of aryl methyl sites for hydroxylation is 2. The van der Waals surface area contributed by atoms with E-state index in [4.69, 9.17) is 22.3 Å². The first-order chi connectivity index (χ1) is 14.4. The zero-order valence-corrected chi connectivity index (χ0v) is 16.8. The van der Waals surface area contributed by atoms with E-state index in [2.05, 4.69) is 64.3 Å². The third-order valence-electron chi connectivity index (χ3n) is 4.92. The number of hydrogen-bond donors (Lipinski definition) is 2. The number of ether oxygens (including phenoxy) is 1. The van der Waals surface area contributed by atoms with Gasteiger partial charge in [0.1, 0.15) is 12.3 Å². The Kier molecular flexibility index (Phi) is 5.54. The second-order valence-corrected chi connectivity index (χ2v) is 7.78. The molecule has 1 aliphatic heterocycles. The van der Waals surface area contributed by atoms with Crippen LogP contribution in [0.1, 0.15) is 11.1 Å². The Hall–Kier alpha value is -3.20. The molecule has 2 aromatic heterocycles. The number of H-pyrrole nitrogens is 1. The lowest BCUT2D eigenvalue weighted by molar-refractivity contribution is -0.688. The van der Waals surface area contributed by atoms with Gasteiger partial charge >= 0.3 is 0 Å². The van der Waals surface area contributed by atoms with E-state index in [-0.39, 0.29) is 0 Å². The Morgan fingerprint density at radius 3 is 2.50 bits per heavy atom. The number of hydrogen-bond acceptors (Lipinski definition) is 4. The zero-order valence-electron chi connectivity index (χ0n) is 16.0. The van der Waals surface area contributed by atoms with E-state index in [0.717, 1.165) is 18.7 Å². The third-order valence-corrected chi connectivity index (χ3v) is 4.92. The molecule has 0 fully saturated rings. The maximum atomic E-state index is 8.63. The molecule has 0 spiro atoms. The van der Waals surface area contributed by atoms with Crippen LogP contribution in [0.2, 0.25) is 0 Å². The number of nitrogens with zero attached hydrogens (tertiary/aromatic N) is 1. The van der Waals surface area contributed by atoms with E-state index in [1.165, 1.54) is 33.4 Å². The van der Waals surface area contributed by atoms with Crippen LogP contribution in [0.4, 0.5) is 0 Å². The molecule has 0 saturated carbocycles. The number of aromatic amines is 1. The molecule has 0 amide bonds. The maximum Gasteiger partial charge on any atom is 0.229 e. The number of aromatic nitrogens is 2. The lowest BCUT2D eigenvalue weighted by Gasteiger charge is -2.12. The number of benzene rings is 2. The summed E-state index contributed by atoms with van der Waals surface area (Å²) in [5, 5.41) is 1.34. The molecular formula is C22H20N2O5S. The van der Waals surface area contributed by atoms with Gasteiger partial charge in [0.15, 0.2) is 12.3 Å². The number of fused-ring (bicyclic) bond motifs is 5. The second-order valence-electron chi connectivity index (χ2n) is 6.92. The number of pyridine rings is 1. The highest BCUT2D eigenvalue weighted by Crippen LogP contribution is 2.32. The van der Waals surface area contributed by atoms with Crippen molar-refractivity contribution in [2.75, 3.05) is 0 Å². The van der Waals surface area contributed by atoms with Gasteiger partial charge in [-0.15, -0.1) is 0 Å². The second kappa shape index (κ2) is 8.27. The minimum Gasteiger partial charge on any atom is -0.726 e. The van der Waals surface area contributed by atoms with Gasteiger partial charge < -0.3 is 14.3 Å². The first-order valence-corrected chi connectivity index (χ1v) is 10.7. The molecular weight excluding hydrogens is 404 g/mol. The van der Waals surface area contributed by atoms with Crippen LogP contribution in [0, 0.1) is 0 Å². The predicted molar refractivity (Wildman–Crippen MR) is 111 cm³/mol. The molecule has 154 valence electrons. The summed E-state index contributed by atoms with van der Waals surface area (Å²) in [4.78, 5) is 3.59. The Labute approximate surface area is 174 Å². The van der Waals surface area contributed by atoms with Gasteiger partial charge in [-0.2, -0.15) is 4.57 Å². The lowest BCUT2D eigenvalue weighted by atomic mass is 10.0. The topological polar surface area (TPSA) is 106 Å². The van der Waals surface area contributed by atoms with Crippen molar-refractivity contribution in [2.24, 2.45) is 0 Å². The third kappa shape index (κ3) is 4.68. The average Bonchev–Trinajstić information content (AvgIpc) is 3.11. The van der Waals surface area contributed by atoms with Gasteiger partial charge in [-0.1, -0.05) is 48.5 Å². The van der Waals surface area contributed by atoms with Crippen molar-refractivity contribution in [3.63, 3.8) is 0 Å². The molecule has 5 rings (SSSR count). The van der Waals surface area contributed by atoms with E-state index in [9.17, 15) is 0 Å². The number of nitrogens with one attached hydrogen (secondary N) is 1. The van der Waals surface area contributed by atoms with Gasteiger partial charge in [-0.3, -0.25) is 4.55 Å². The summed E-state index contributed by atoms with van der Waals surface area (Å²) in [6.07, 6.45) is 3.16. The quantitative estimate of drug-likeness (QED) is 0.298. The Morgan fingerprint density at radius 1 is 1.03 bits per heavy atom. The van der Waals surface area contributed by atoms with E-state index in [1.54, 1.807) is 0 Å². The first kappa shape index (κ1) is 20.1. The minimum atomic E-state index is -4.92. The van der Waals surface area contributed by atoms with Gasteiger partial charge in [-0.05, 0) is 23.3 Å². The van der Waals surface area contributed by atoms with E-state index < -0.39 is 10.4 Å². The molecule has 0 aliphatic carbocycles. The molecule has 2 N–H and O–H groups in total. The van der Waals surface area contributed by atoms with Crippen LogP contribution < -0.4 is 9.30 Å². The normalized spacial score (nSPS) is 12.5. The molecule has 0 atom stereocenters. The van der Waals surface area contributed by atoms with Gasteiger partial charge in [0, 0.05) is 23.4 Å². The van der Waals surface area contributed by atoms with Gasteiger partial charge in [0.25, 0.3) is 0 Å².